The van der Waals surface area contributed by atoms with Crippen molar-refractivity contribution < 1.29 is 5.11 Å². The topological polar surface area (TPSA) is 35.5 Å². The second-order valence-corrected chi connectivity index (χ2v) is 6.23. The van der Waals surface area contributed by atoms with E-state index in [4.69, 9.17) is 0 Å². The summed E-state index contributed by atoms with van der Waals surface area (Å²) in [6.45, 7) is 9.04. The standard InChI is InChI=1S/C15H30N2O/c1-3-17(4-2)11-15(18)10-16-9-14-8-12-5-6-13(14)7-12/h12-16,18H,3-11H2,1-2H3. The maximum Gasteiger partial charge on any atom is 0.0791 e. The number of fused-ring (bicyclic) bond motifs is 2. The molecule has 4 unspecified atom stereocenters. The lowest BCUT2D eigenvalue weighted by Gasteiger charge is -2.25. The van der Waals surface area contributed by atoms with E-state index in [1.165, 1.54) is 25.7 Å². The molecule has 106 valence electrons. The quantitative estimate of drug-likeness (QED) is 0.692. The molecular formula is C15H30N2O. The number of rotatable bonds is 8. The van der Waals surface area contributed by atoms with Crippen molar-refractivity contribution in [3.63, 3.8) is 0 Å². The van der Waals surface area contributed by atoms with Crippen LogP contribution < -0.4 is 5.32 Å². The molecular weight excluding hydrogens is 224 g/mol. The van der Waals surface area contributed by atoms with Crippen molar-refractivity contribution in [3.8, 4) is 0 Å². The summed E-state index contributed by atoms with van der Waals surface area (Å²) in [6.07, 6.45) is 5.63. The van der Waals surface area contributed by atoms with Crippen LogP contribution in [0.2, 0.25) is 0 Å². The minimum Gasteiger partial charge on any atom is -0.390 e. The predicted octanol–water partition coefficient (Wildman–Crippen LogP) is 1.71. The predicted molar refractivity (Wildman–Crippen MR) is 75.6 cm³/mol. The van der Waals surface area contributed by atoms with Gasteiger partial charge in [0.2, 0.25) is 0 Å². The van der Waals surface area contributed by atoms with Crippen molar-refractivity contribution in [1.29, 1.82) is 0 Å². The molecule has 2 aliphatic carbocycles. The Bertz CT molecular complexity index is 243. The molecule has 3 heteroatoms. The third-order valence-electron chi connectivity index (χ3n) is 5.03. The molecule has 0 aromatic rings. The van der Waals surface area contributed by atoms with Gasteiger partial charge in [0.25, 0.3) is 0 Å². The molecule has 2 aliphatic rings. The Kier molecular flexibility index (Phi) is 5.46. The molecule has 0 aromatic heterocycles. The number of aliphatic hydroxyl groups is 1. The van der Waals surface area contributed by atoms with Gasteiger partial charge >= 0.3 is 0 Å². The summed E-state index contributed by atoms with van der Waals surface area (Å²) < 4.78 is 0. The summed E-state index contributed by atoms with van der Waals surface area (Å²) in [4.78, 5) is 2.28. The average Bonchev–Trinajstić information content (AvgIpc) is 2.98. The van der Waals surface area contributed by atoms with Crippen LogP contribution in [-0.4, -0.2) is 48.8 Å². The van der Waals surface area contributed by atoms with E-state index in [-0.39, 0.29) is 6.10 Å². The second-order valence-electron chi connectivity index (χ2n) is 6.23. The zero-order chi connectivity index (χ0) is 13.0. The zero-order valence-corrected chi connectivity index (χ0v) is 12.1. The normalized spacial score (nSPS) is 32.3. The van der Waals surface area contributed by atoms with Crippen molar-refractivity contribution >= 4 is 0 Å². The van der Waals surface area contributed by atoms with E-state index >= 15 is 0 Å². The molecule has 2 fully saturated rings. The Labute approximate surface area is 112 Å². The van der Waals surface area contributed by atoms with Crippen LogP contribution in [0.3, 0.4) is 0 Å². The van der Waals surface area contributed by atoms with E-state index in [0.717, 1.165) is 50.5 Å². The lowest BCUT2D eigenvalue weighted by atomic mass is 9.89. The van der Waals surface area contributed by atoms with E-state index < -0.39 is 0 Å². The van der Waals surface area contributed by atoms with Gasteiger partial charge in [-0.2, -0.15) is 0 Å². The highest BCUT2D eigenvalue weighted by Gasteiger charge is 2.38. The Balaban J connectivity index is 1.57. The van der Waals surface area contributed by atoms with Gasteiger partial charge in [-0.15, -0.1) is 0 Å². The molecule has 18 heavy (non-hydrogen) atoms. The van der Waals surface area contributed by atoms with Crippen LogP contribution in [0.15, 0.2) is 0 Å². The number of aliphatic hydroxyl groups excluding tert-OH is 1. The Morgan fingerprint density at radius 3 is 2.56 bits per heavy atom. The molecule has 0 radical (unpaired) electrons. The summed E-state index contributed by atoms with van der Waals surface area (Å²) >= 11 is 0. The van der Waals surface area contributed by atoms with Gasteiger partial charge in [-0.3, -0.25) is 0 Å². The van der Waals surface area contributed by atoms with Gasteiger partial charge in [0.1, 0.15) is 0 Å². The number of likely N-dealkylation sites (N-methyl/N-ethyl adjacent to an activating group) is 1. The molecule has 0 saturated heterocycles. The minimum absolute atomic E-state index is 0.219. The maximum absolute atomic E-state index is 9.98. The van der Waals surface area contributed by atoms with Gasteiger partial charge in [0, 0.05) is 13.1 Å². The molecule has 0 spiro atoms. The Hall–Kier alpha value is -0.120. The van der Waals surface area contributed by atoms with E-state index in [0.29, 0.717) is 0 Å². The summed E-state index contributed by atoms with van der Waals surface area (Å²) in [5.74, 6) is 2.91. The third kappa shape index (κ3) is 3.69. The van der Waals surface area contributed by atoms with Crippen molar-refractivity contribution in [1.82, 2.24) is 10.2 Å². The number of nitrogens with zero attached hydrogens (tertiary/aromatic N) is 1. The molecule has 3 nitrogen and oxygen atoms in total. The number of hydrogen-bond donors (Lipinski definition) is 2. The molecule has 0 heterocycles. The van der Waals surface area contributed by atoms with Gasteiger partial charge in [-0.05, 0) is 56.7 Å². The fourth-order valence-electron chi connectivity index (χ4n) is 3.91. The van der Waals surface area contributed by atoms with Crippen LogP contribution in [0.5, 0.6) is 0 Å². The first-order chi connectivity index (χ1) is 8.72. The molecule has 0 aromatic carbocycles. The van der Waals surface area contributed by atoms with Gasteiger partial charge in [0.05, 0.1) is 6.10 Å². The first kappa shape index (κ1) is 14.3. The highest BCUT2D eigenvalue weighted by molar-refractivity contribution is 4.90. The fourth-order valence-corrected chi connectivity index (χ4v) is 3.91. The minimum atomic E-state index is -0.219. The van der Waals surface area contributed by atoms with Crippen molar-refractivity contribution in [2.75, 3.05) is 32.7 Å². The maximum atomic E-state index is 9.98. The van der Waals surface area contributed by atoms with Crippen molar-refractivity contribution in [2.24, 2.45) is 17.8 Å². The molecule has 4 atom stereocenters. The third-order valence-corrected chi connectivity index (χ3v) is 5.03. The summed E-state index contributed by atoms with van der Waals surface area (Å²) in [5.41, 5.74) is 0. The van der Waals surface area contributed by atoms with Crippen LogP contribution in [0.4, 0.5) is 0 Å². The first-order valence-electron chi connectivity index (χ1n) is 7.84. The summed E-state index contributed by atoms with van der Waals surface area (Å²) in [5, 5.41) is 13.5. The lowest BCUT2D eigenvalue weighted by Crippen LogP contribution is -2.39. The number of nitrogens with one attached hydrogen (secondary N) is 1. The summed E-state index contributed by atoms with van der Waals surface area (Å²) in [6, 6.07) is 0. The molecule has 2 bridgehead atoms. The van der Waals surface area contributed by atoms with Gasteiger partial charge in [0.15, 0.2) is 0 Å². The Morgan fingerprint density at radius 1 is 1.22 bits per heavy atom. The zero-order valence-electron chi connectivity index (χ0n) is 12.1. The lowest BCUT2D eigenvalue weighted by molar-refractivity contribution is 0.114. The van der Waals surface area contributed by atoms with Crippen LogP contribution in [0.1, 0.15) is 39.5 Å². The van der Waals surface area contributed by atoms with Gasteiger partial charge in [-0.25, -0.2) is 0 Å². The van der Waals surface area contributed by atoms with E-state index in [2.05, 4.69) is 24.1 Å². The SMILES string of the molecule is CCN(CC)CC(O)CNCC1CC2CCC1C2. The number of hydrogen-bond acceptors (Lipinski definition) is 3. The van der Waals surface area contributed by atoms with E-state index in [1.807, 2.05) is 0 Å². The highest BCUT2D eigenvalue weighted by Crippen LogP contribution is 2.47. The molecule has 2 rings (SSSR count). The Morgan fingerprint density at radius 2 is 2.00 bits per heavy atom. The van der Waals surface area contributed by atoms with Crippen LogP contribution in [-0.2, 0) is 0 Å². The van der Waals surface area contributed by atoms with Crippen LogP contribution in [0, 0.1) is 17.8 Å². The summed E-state index contributed by atoms with van der Waals surface area (Å²) in [7, 11) is 0. The molecule has 2 saturated carbocycles. The highest BCUT2D eigenvalue weighted by atomic mass is 16.3. The fraction of sp³-hybridized carbons (Fsp3) is 1.00. The smallest absolute Gasteiger partial charge is 0.0791 e. The van der Waals surface area contributed by atoms with Gasteiger partial charge in [-0.1, -0.05) is 20.3 Å². The largest absolute Gasteiger partial charge is 0.390 e. The van der Waals surface area contributed by atoms with Crippen molar-refractivity contribution in [2.45, 2.75) is 45.6 Å². The second kappa shape index (κ2) is 6.88. The monoisotopic (exact) mass is 254 g/mol. The van der Waals surface area contributed by atoms with Crippen LogP contribution >= 0.6 is 0 Å². The molecule has 0 amide bonds. The van der Waals surface area contributed by atoms with E-state index in [1.54, 1.807) is 0 Å². The first-order valence-corrected chi connectivity index (χ1v) is 7.84. The van der Waals surface area contributed by atoms with Crippen LogP contribution in [0.25, 0.3) is 0 Å². The van der Waals surface area contributed by atoms with Crippen molar-refractivity contribution in [3.05, 3.63) is 0 Å². The molecule has 2 N–H and O–H groups in total. The van der Waals surface area contributed by atoms with Gasteiger partial charge < -0.3 is 15.3 Å². The van der Waals surface area contributed by atoms with E-state index in [9.17, 15) is 5.11 Å². The average molecular weight is 254 g/mol. The molecule has 0 aliphatic heterocycles.